The average Bonchev–Trinajstić information content (AvgIpc) is 2.57. The van der Waals surface area contributed by atoms with Gasteiger partial charge in [0.1, 0.15) is 17.2 Å². The number of halogens is 2. The number of aromatic hydroxyl groups is 2. The first-order chi connectivity index (χ1) is 11.9. The van der Waals surface area contributed by atoms with Gasteiger partial charge >= 0.3 is 5.96 Å². The summed E-state index contributed by atoms with van der Waals surface area (Å²) in [6.45, 7) is 5.13. The van der Waals surface area contributed by atoms with E-state index in [0.717, 1.165) is 4.90 Å². The third-order valence-electron chi connectivity index (χ3n) is 3.02. The molecular formula is C17H14Cl2N3O2S+. The van der Waals surface area contributed by atoms with Crippen molar-refractivity contribution in [3.63, 3.8) is 0 Å². The van der Waals surface area contributed by atoms with Gasteiger partial charge in [0, 0.05) is 16.2 Å². The molecule has 0 amide bonds. The number of hydrogen-bond acceptors (Lipinski definition) is 4. The number of thioether (sulfide) groups is 1. The Morgan fingerprint density at radius 2 is 2.00 bits per heavy atom. The predicted octanol–water partition coefficient (Wildman–Crippen LogP) is 4.82. The molecule has 5 nitrogen and oxygen atoms in total. The summed E-state index contributed by atoms with van der Waals surface area (Å²) >= 11 is 13.5. The number of phenols is 2. The molecule has 0 radical (unpaired) electrons. The third kappa shape index (κ3) is 5.33. The van der Waals surface area contributed by atoms with E-state index in [1.807, 2.05) is 6.07 Å². The summed E-state index contributed by atoms with van der Waals surface area (Å²) in [5.41, 5.74) is 6.40. The Bertz CT molecular complexity index is 892. The Balaban J connectivity index is 2.33. The molecule has 2 aromatic rings. The summed E-state index contributed by atoms with van der Waals surface area (Å²) in [4.78, 5) is 8.30. The van der Waals surface area contributed by atoms with E-state index in [9.17, 15) is 10.2 Å². The number of rotatable bonds is 5. The summed E-state index contributed by atoms with van der Waals surface area (Å²) in [6, 6.07) is 9.66. The van der Waals surface area contributed by atoms with Crippen molar-refractivity contribution in [3.8, 4) is 18.1 Å². The van der Waals surface area contributed by atoms with Crippen LogP contribution in [0.3, 0.4) is 0 Å². The second kappa shape index (κ2) is 8.67. The number of hydrogen-bond donors (Lipinski definition) is 3. The van der Waals surface area contributed by atoms with Gasteiger partial charge in [-0.3, -0.25) is 5.73 Å². The molecule has 0 atom stereocenters. The normalized spacial score (nSPS) is 12.0. The minimum Gasteiger partial charge on any atom is -0.508 e. The number of nitrogens with two attached hydrogens (primary N) is 1. The van der Waals surface area contributed by atoms with Crippen molar-refractivity contribution < 1.29 is 10.2 Å². The highest BCUT2D eigenvalue weighted by atomic mass is 35.5. The highest BCUT2D eigenvalue weighted by molar-refractivity contribution is 7.99. The first kappa shape index (κ1) is 19.0. The molecule has 0 bridgehead atoms. The van der Waals surface area contributed by atoms with E-state index in [1.165, 1.54) is 23.9 Å². The van der Waals surface area contributed by atoms with Crippen LogP contribution in [0.1, 0.15) is 5.56 Å². The van der Waals surface area contributed by atoms with Crippen LogP contribution >= 0.6 is 35.0 Å². The lowest BCUT2D eigenvalue weighted by Crippen LogP contribution is -2.05. The molecule has 0 saturated carbocycles. The Kier molecular flexibility index (Phi) is 6.59. The molecule has 0 spiro atoms. The van der Waals surface area contributed by atoms with Gasteiger partial charge in [-0.15, -0.1) is 11.8 Å². The quantitative estimate of drug-likeness (QED) is 0.385. The number of benzene rings is 2. The maximum absolute atomic E-state index is 9.82. The highest BCUT2D eigenvalue weighted by Gasteiger charge is 2.15. The number of aliphatic imine (C=N–C) groups is 1. The molecule has 0 heterocycles. The van der Waals surface area contributed by atoms with Crippen molar-refractivity contribution >= 4 is 46.6 Å². The lowest BCUT2D eigenvalue weighted by atomic mass is 10.1. The Labute approximate surface area is 159 Å². The Morgan fingerprint density at radius 3 is 2.68 bits per heavy atom. The molecule has 25 heavy (non-hydrogen) atoms. The van der Waals surface area contributed by atoms with E-state index in [2.05, 4.69) is 9.84 Å². The molecule has 8 heteroatoms. The van der Waals surface area contributed by atoms with Gasteiger partial charge in [-0.05, 0) is 36.4 Å². The smallest absolute Gasteiger partial charge is 0.486 e. The molecule has 0 aliphatic heterocycles. The van der Waals surface area contributed by atoms with Crippen LogP contribution in [0.5, 0.6) is 11.5 Å². The average molecular weight is 395 g/mol. The van der Waals surface area contributed by atoms with Crippen molar-refractivity contribution in [2.24, 2.45) is 10.7 Å². The molecule has 0 fully saturated rings. The second-order valence-electron chi connectivity index (χ2n) is 4.78. The summed E-state index contributed by atoms with van der Waals surface area (Å²) < 4.78 is 0. The van der Waals surface area contributed by atoms with Crippen molar-refractivity contribution in [2.45, 2.75) is 4.90 Å². The highest BCUT2D eigenvalue weighted by Crippen LogP contribution is 2.34. The zero-order valence-corrected chi connectivity index (χ0v) is 15.2. The van der Waals surface area contributed by atoms with E-state index in [0.29, 0.717) is 22.0 Å². The van der Waals surface area contributed by atoms with Gasteiger partial charge in [0.05, 0.1) is 16.6 Å². The topological polar surface area (TPSA) is 83.2 Å². The van der Waals surface area contributed by atoms with Crippen molar-refractivity contribution in [1.82, 2.24) is 0 Å². The summed E-state index contributed by atoms with van der Waals surface area (Å²) in [5.74, 6) is 0.411. The van der Waals surface area contributed by atoms with Crippen LogP contribution in [0.4, 0.5) is 0 Å². The van der Waals surface area contributed by atoms with Crippen molar-refractivity contribution in [2.75, 3.05) is 5.75 Å². The molecule has 128 valence electrons. The van der Waals surface area contributed by atoms with E-state index in [4.69, 9.17) is 35.5 Å². The predicted molar refractivity (Wildman–Crippen MR) is 105 cm³/mol. The standard InChI is InChI=1S/C17H13Cl2N3O2S/c1-21-17(20)22-15(12-8-16(24)14(19)9-13(12)18)5-6-25-11-4-2-3-10(23)7-11/h1-5,7-9H,6H2,(H3-,20,22,23,24)/p+1/b15-5-. The van der Waals surface area contributed by atoms with Crippen LogP contribution in [0.25, 0.3) is 10.5 Å². The number of nitrogens with zero attached hydrogens (tertiary/aromatic N) is 2. The third-order valence-corrected chi connectivity index (χ3v) is 4.56. The van der Waals surface area contributed by atoms with Gasteiger partial charge in [-0.1, -0.05) is 34.3 Å². The van der Waals surface area contributed by atoms with Crippen LogP contribution in [0.2, 0.25) is 10.0 Å². The molecule has 2 aromatic carbocycles. The molecule has 0 aliphatic carbocycles. The number of guanidine groups is 1. The van der Waals surface area contributed by atoms with E-state index in [-0.39, 0.29) is 22.5 Å². The van der Waals surface area contributed by atoms with Crippen LogP contribution in [-0.2, 0) is 0 Å². The van der Waals surface area contributed by atoms with E-state index >= 15 is 0 Å². The first-order valence-corrected chi connectivity index (χ1v) is 8.70. The first-order valence-electron chi connectivity index (χ1n) is 6.96. The molecular weight excluding hydrogens is 381 g/mol. The monoisotopic (exact) mass is 394 g/mol. The van der Waals surface area contributed by atoms with E-state index < -0.39 is 0 Å². The zero-order chi connectivity index (χ0) is 18.4. The fraction of sp³-hybridized carbons (Fsp3) is 0.0588. The maximum atomic E-state index is 9.82. The summed E-state index contributed by atoms with van der Waals surface area (Å²) in [5, 5.41) is 19.7. The molecule has 4 N–H and O–H groups in total. The summed E-state index contributed by atoms with van der Waals surface area (Å²) in [6.07, 6.45) is 1.75. The Morgan fingerprint density at radius 1 is 1.24 bits per heavy atom. The van der Waals surface area contributed by atoms with Gasteiger partial charge in [-0.2, -0.15) is 4.85 Å². The lowest BCUT2D eigenvalue weighted by molar-refractivity contribution is 0.473. The van der Waals surface area contributed by atoms with Gasteiger partial charge in [-0.25, -0.2) is 0 Å². The zero-order valence-electron chi connectivity index (χ0n) is 12.9. The van der Waals surface area contributed by atoms with Crippen LogP contribution in [-0.4, -0.2) is 21.9 Å². The van der Waals surface area contributed by atoms with Gasteiger partial charge < -0.3 is 10.2 Å². The molecule has 0 aromatic heterocycles. The van der Waals surface area contributed by atoms with Crippen LogP contribution < -0.4 is 5.73 Å². The second-order valence-corrected chi connectivity index (χ2v) is 6.69. The minimum atomic E-state index is -0.140. The van der Waals surface area contributed by atoms with Gasteiger partial charge in [0.2, 0.25) is 0 Å². The summed E-state index contributed by atoms with van der Waals surface area (Å²) in [7, 11) is 0. The molecule has 0 aliphatic rings. The van der Waals surface area contributed by atoms with Crippen LogP contribution in [0, 0.1) is 6.57 Å². The largest absolute Gasteiger partial charge is 0.508 e. The van der Waals surface area contributed by atoms with Gasteiger partial charge in [0.15, 0.2) is 0 Å². The SMILES string of the molecule is C#[N+]C(N)=N/C(=C\CSc1cccc(O)c1)c1cc(O)c(Cl)cc1Cl. The van der Waals surface area contributed by atoms with Crippen molar-refractivity contribution in [3.05, 3.63) is 62.9 Å². The van der Waals surface area contributed by atoms with Crippen LogP contribution in [0.15, 0.2) is 52.4 Å². The molecule has 0 saturated heterocycles. The van der Waals surface area contributed by atoms with Crippen molar-refractivity contribution in [1.29, 1.82) is 0 Å². The van der Waals surface area contributed by atoms with E-state index in [1.54, 1.807) is 24.3 Å². The number of phenolic OH excluding ortho intramolecular Hbond substituents is 2. The minimum absolute atomic E-state index is 0.127. The van der Waals surface area contributed by atoms with Gasteiger partial charge in [0.25, 0.3) is 0 Å². The maximum Gasteiger partial charge on any atom is 0.486 e. The fourth-order valence-corrected chi connectivity index (χ4v) is 3.18. The fourth-order valence-electron chi connectivity index (χ4n) is 1.89. The lowest BCUT2D eigenvalue weighted by Gasteiger charge is -2.05. The molecule has 2 rings (SSSR count). The Hall–Kier alpha value is -2.33. The molecule has 0 unspecified atom stereocenters.